The highest BCUT2D eigenvalue weighted by atomic mass is 32.2. The Hall–Kier alpha value is -2.71. The van der Waals surface area contributed by atoms with Gasteiger partial charge in [-0.25, -0.2) is 0 Å². The lowest BCUT2D eigenvalue weighted by atomic mass is 10.1. The van der Waals surface area contributed by atoms with Gasteiger partial charge in [0.1, 0.15) is 5.76 Å². The van der Waals surface area contributed by atoms with Crippen molar-refractivity contribution in [2.45, 2.75) is 26.4 Å². The quantitative estimate of drug-likeness (QED) is 0.383. The molecule has 2 heterocycles. The van der Waals surface area contributed by atoms with Crippen LogP contribution in [-0.2, 0) is 17.9 Å². The molecule has 2 amide bonds. The Kier molecular flexibility index (Phi) is 8.81. The predicted molar refractivity (Wildman–Crippen MR) is 134 cm³/mol. The summed E-state index contributed by atoms with van der Waals surface area (Å²) in [5, 5.41) is 4.89. The minimum atomic E-state index is -0.0489. The maximum Gasteiger partial charge on any atom is 0.264 e. The summed E-state index contributed by atoms with van der Waals surface area (Å²) in [5.74, 6) is 2.47. The van der Waals surface area contributed by atoms with Crippen molar-refractivity contribution in [2.24, 2.45) is 0 Å². The van der Waals surface area contributed by atoms with Gasteiger partial charge in [-0.1, -0.05) is 13.0 Å². The van der Waals surface area contributed by atoms with Crippen molar-refractivity contribution in [2.75, 3.05) is 35.8 Å². The summed E-state index contributed by atoms with van der Waals surface area (Å²) in [6.07, 6.45) is 2.09. The fourth-order valence-electron chi connectivity index (χ4n) is 3.31. The third-order valence-corrected chi connectivity index (χ3v) is 6.59. The topological polar surface area (TPSA) is 65.8 Å². The van der Waals surface area contributed by atoms with Crippen LogP contribution in [0, 0.1) is 0 Å². The summed E-state index contributed by atoms with van der Waals surface area (Å²) in [5.41, 5.74) is 2.68. The Morgan fingerprint density at radius 1 is 1.12 bits per heavy atom. The van der Waals surface area contributed by atoms with E-state index in [9.17, 15) is 9.59 Å². The maximum atomic E-state index is 13.2. The van der Waals surface area contributed by atoms with E-state index in [0.29, 0.717) is 24.4 Å². The van der Waals surface area contributed by atoms with Crippen molar-refractivity contribution in [1.29, 1.82) is 0 Å². The molecule has 1 N–H and O–H groups in total. The van der Waals surface area contributed by atoms with E-state index in [4.69, 9.17) is 4.42 Å². The van der Waals surface area contributed by atoms with Gasteiger partial charge in [-0.05, 0) is 53.1 Å². The van der Waals surface area contributed by atoms with E-state index >= 15 is 0 Å². The van der Waals surface area contributed by atoms with Gasteiger partial charge in [-0.3, -0.25) is 9.59 Å². The van der Waals surface area contributed by atoms with Crippen LogP contribution in [0.15, 0.2) is 58.5 Å². The van der Waals surface area contributed by atoms with Crippen LogP contribution in [0.25, 0.3) is 0 Å². The molecule has 0 aliphatic rings. The van der Waals surface area contributed by atoms with E-state index in [1.54, 1.807) is 22.9 Å². The summed E-state index contributed by atoms with van der Waals surface area (Å²) < 4.78 is 5.51. The zero-order valence-electron chi connectivity index (χ0n) is 18.7. The molecule has 0 atom stereocenters. The number of carbonyl (C=O) groups excluding carboxylic acids is 2. The van der Waals surface area contributed by atoms with Crippen LogP contribution in [0.4, 0.5) is 11.4 Å². The fraction of sp³-hybridized carbons (Fsp3) is 0.333. The van der Waals surface area contributed by atoms with Gasteiger partial charge >= 0.3 is 0 Å². The predicted octanol–water partition coefficient (Wildman–Crippen LogP) is 5.33. The molecule has 0 saturated carbocycles. The van der Waals surface area contributed by atoms with E-state index in [0.717, 1.165) is 34.2 Å². The molecular formula is C24H29N3O3S2. The van der Waals surface area contributed by atoms with Gasteiger partial charge in [0, 0.05) is 44.2 Å². The first-order valence-electron chi connectivity index (χ1n) is 10.5. The Morgan fingerprint density at radius 2 is 1.97 bits per heavy atom. The first kappa shape index (κ1) is 23.9. The van der Waals surface area contributed by atoms with E-state index in [2.05, 4.69) is 12.2 Å². The number of rotatable bonds is 11. The average molecular weight is 472 g/mol. The van der Waals surface area contributed by atoms with E-state index in [-0.39, 0.29) is 11.8 Å². The van der Waals surface area contributed by atoms with Crippen molar-refractivity contribution < 1.29 is 14.0 Å². The molecule has 0 radical (unpaired) electrons. The third-order valence-electron chi connectivity index (χ3n) is 4.83. The normalized spacial score (nSPS) is 10.7. The zero-order valence-corrected chi connectivity index (χ0v) is 20.3. The van der Waals surface area contributed by atoms with Gasteiger partial charge in [0.2, 0.25) is 5.91 Å². The molecular weight excluding hydrogens is 442 g/mol. The largest absolute Gasteiger partial charge is 0.467 e. The molecule has 6 nitrogen and oxygen atoms in total. The molecule has 0 spiro atoms. The molecule has 0 aliphatic heterocycles. The second kappa shape index (κ2) is 11.8. The highest BCUT2D eigenvalue weighted by Gasteiger charge is 2.21. The molecule has 0 saturated heterocycles. The Bertz CT molecular complexity index is 1000. The van der Waals surface area contributed by atoms with Gasteiger partial charge in [-0.15, -0.1) is 11.3 Å². The van der Waals surface area contributed by atoms with E-state index in [1.807, 2.05) is 66.8 Å². The third kappa shape index (κ3) is 6.64. The number of nitrogens with one attached hydrogen (secondary N) is 1. The van der Waals surface area contributed by atoms with Gasteiger partial charge in [0.25, 0.3) is 5.91 Å². The zero-order chi connectivity index (χ0) is 22.9. The molecule has 32 heavy (non-hydrogen) atoms. The van der Waals surface area contributed by atoms with Crippen LogP contribution in [0.5, 0.6) is 0 Å². The van der Waals surface area contributed by atoms with Crippen LogP contribution in [0.3, 0.4) is 0 Å². The van der Waals surface area contributed by atoms with Gasteiger partial charge < -0.3 is 19.5 Å². The lowest BCUT2D eigenvalue weighted by Crippen LogP contribution is -2.30. The van der Waals surface area contributed by atoms with Gasteiger partial charge in [0.15, 0.2) is 0 Å². The standard InChI is InChI=1S/C24H29N3O3S2/c1-4-31-14-11-23(28)25-19-9-10-21(26(2)3)18(15-19)16-27(17-20-7-5-12-30-20)24(29)22-8-6-13-32-22/h5-10,12-13,15H,4,11,14,16-17H2,1-3H3,(H,25,28). The summed E-state index contributed by atoms with van der Waals surface area (Å²) >= 11 is 3.17. The number of anilines is 2. The highest BCUT2D eigenvalue weighted by Crippen LogP contribution is 2.27. The van der Waals surface area contributed by atoms with Crippen LogP contribution in [0.1, 0.15) is 34.3 Å². The monoisotopic (exact) mass is 471 g/mol. The number of carbonyl (C=O) groups is 2. The average Bonchev–Trinajstić information content (AvgIpc) is 3.47. The number of hydrogen-bond acceptors (Lipinski definition) is 6. The van der Waals surface area contributed by atoms with Crippen molar-refractivity contribution in [3.8, 4) is 0 Å². The maximum absolute atomic E-state index is 13.2. The summed E-state index contributed by atoms with van der Waals surface area (Å²) in [6.45, 7) is 2.84. The SMILES string of the molecule is CCSCCC(=O)Nc1ccc(N(C)C)c(CN(Cc2ccco2)C(=O)c2cccs2)c1. The van der Waals surface area contributed by atoms with Crippen molar-refractivity contribution >= 4 is 46.3 Å². The molecule has 0 unspecified atom stereocenters. The molecule has 0 bridgehead atoms. The highest BCUT2D eigenvalue weighted by molar-refractivity contribution is 7.99. The molecule has 2 aromatic heterocycles. The van der Waals surface area contributed by atoms with Crippen LogP contribution >= 0.6 is 23.1 Å². The summed E-state index contributed by atoms with van der Waals surface area (Å²) in [4.78, 5) is 30.0. The van der Waals surface area contributed by atoms with Crippen LogP contribution in [-0.4, -0.2) is 42.3 Å². The number of thioether (sulfide) groups is 1. The van der Waals surface area contributed by atoms with Gasteiger partial charge in [-0.2, -0.15) is 11.8 Å². The minimum Gasteiger partial charge on any atom is -0.467 e. The first-order valence-corrected chi connectivity index (χ1v) is 12.5. The summed E-state index contributed by atoms with van der Waals surface area (Å²) in [6, 6.07) is 13.2. The lowest BCUT2D eigenvalue weighted by Gasteiger charge is -2.25. The number of amides is 2. The number of thiophene rings is 1. The number of furan rings is 1. The molecule has 1 aromatic carbocycles. The smallest absolute Gasteiger partial charge is 0.264 e. The molecule has 8 heteroatoms. The van der Waals surface area contributed by atoms with Crippen molar-refractivity contribution in [1.82, 2.24) is 4.90 Å². The van der Waals surface area contributed by atoms with Gasteiger partial charge in [0.05, 0.1) is 17.7 Å². The number of hydrogen-bond donors (Lipinski definition) is 1. The molecule has 0 fully saturated rings. The molecule has 3 aromatic rings. The second-order valence-corrected chi connectivity index (χ2v) is 9.79. The lowest BCUT2D eigenvalue weighted by molar-refractivity contribution is -0.115. The fourth-order valence-corrected chi connectivity index (χ4v) is 4.62. The Labute approximate surface area is 197 Å². The van der Waals surface area contributed by atoms with Crippen molar-refractivity contribution in [3.63, 3.8) is 0 Å². The molecule has 0 aliphatic carbocycles. The number of benzene rings is 1. The number of nitrogens with zero attached hydrogens (tertiary/aromatic N) is 2. The second-order valence-electron chi connectivity index (χ2n) is 7.45. The first-order chi connectivity index (χ1) is 15.5. The Morgan fingerprint density at radius 3 is 2.62 bits per heavy atom. The summed E-state index contributed by atoms with van der Waals surface area (Å²) in [7, 11) is 3.94. The van der Waals surface area contributed by atoms with E-state index < -0.39 is 0 Å². The van der Waals surface area contributed by atoms with E-state index in [1.165, 1.54) is 11.3 Å². The Balaban J connectivity index is 1.84. The van der Waals surface area contributed by atoms with Crippen molar-refractivity contribution in [3.05, 3.63) is 70.3 Å². The molecule has 3 rings (SSSR count). The van der Waals surface area contributed by atoms with Crippen LogP contribution in [0.2, 0.25) is 0 Å². The minimum absolute atomic E-state index is 0.00314. The molecule has 170 valence electrons. The van der Waals surface area contributed by atoms with Crippen LogP contribution < -0.4 is 10.2 Å².